The standard InChI is InChI=1S/C16H15Cl2NO4S/c1-23-16-6-4-13(8-12(16)10-20)19(24(2,21)22)9-11-3-5-14(17)15(18)7-11/h3-8,10H,9H2,1-2H3. The van der Waals surface area contributed by atoms with E-state index >= 15 is 0 Å². The number of halogens is 2. The second-order valence-corrected chi connectivity index (χ2v) is 7.78. The van der Waals surface area contributed by atoms with Gasteiger partial charge in [0.25, 0.3) is 0 Å². The highest BCUT2D eigenvalue weighted by Gasteiger charge is 2.19. The molecule has 0 aliphatic carbocycles. The molecule has 0 aromatic heterocycles. The number of aldehydes is 1. The molecule has 0 unspecified atom stereocenters. The molecule has 0 amide bonds. The lowest BCUT2D eigenvalue weighted by Gasteiger charge is -2.23. The number of nitrogens with zero attached hydrogens (tertiary/aromatic N) is 1. The van der Waals surface area contributed by atoms with E-state index in [1.54, 1.807) is 30.3 Å². The molecule has 0 N–H and O–H groups in total. The molecule has 2 rings (SSSR count). The summed E-state index contributed by atoms with van der Waals surface area (Å²) in [5.41, 5.74) is 1.28. The lowest BCUT2D eigenvalue weighted by molar-refractivity contribution is 0.112. The summed E-state index contributed by atoms with van der Waals surface area (Å²) >= 11 is 11.9. The fraction of sp³-hybridized carbons (Fsp3) is 0.188. The second kappa shape index (κ2) is 7.42. The van der Waals surface area contributed by atoms with Crippen molar-refractivity contribution in [1.29, 1.82) is 0 Å². The van der Waals surface area contributed by atoms with Crippen LogP contribution in [0, 0.1) is 0 Å². The van der Waals surface area contributed by atoms with Gasteiger partial charge in [-0.05, 0) is 35.9 Å². The summed E-state index contributed by atoms with van der Waals surface area (Å²) in [7, 11) is -2.15. The molecule has 0 saturated heterocycles. The number of hydrogen-bond acceptors (Lipinski definition) is 4. The molecule has 0 radical (unpaired) electrons. The van der Waals surface area contributed by atoms with E-state index in [-0.39, 0.29) is 12.1 Å². The first-order chi connectivity index (χ1) is 11.3. The Morgan fingerprint density at radius 3 is 2.38 bits per heavy atom. The van der Waals surface area contributed by atoms with Gasteiger partial charge in [-0.15, -0.1) is 0 Å². The zero-order valence-electron chi connectivity index (χ0n) is 13.0. The normalized spacial score (nSPS) is 11.2. The van der Waals surface area contributed by atoms with Crippen molar-refractivity contribution < 1.29 is 17.9 Å². The Balaban J connectivity index is 2.46. The average Bonchev–Trinajstić information content (AvgIpc) is 2.54. The Bertz CT molecular complexity index is 868. The number of hydrogen-bond donors (Lipinski definition) is 0. The number of carbonyl (C=O) groups is 1. The van der Waals surface area contributed by atoms with Crippen molar-refractivity contribution in [3.8, 4) is 5.75 Å². The highest BCUT2D eigenvalue weighted by atomic mass is 35.5. The smallest absolute Gasteiger partial charge is 0.232 e. The minimum absolute atomic E-state index is 0.0559. The molecule has 0 heterocycles. The van der Waals surface area contributed by atoms with E-state index in [9.17, 15) is 13.2 Å². The number of carbonyl (C=O) groups excluding carboxylic acids is 1. The topological polar surface area (TPSA) is 63.7 Å². The predicted octanol–water partition coefficient (Wildman–Crippen LogP) is 3.78. The second-order valence-electron chi connectivity index (χ2n) is 5.06. The van der Waals surface area contributed by atoms with E-state index in [4.69, 9.17) is 27.9 Å². The maximum absolute atomic E-state index is 12.2. The molecule has 0 fully saturated rings. The number of ether oxygens (including phenoxy) is 1. The quantitative estimate of drug-likeness (QED) is 0.707. The third kappa shape index (κ3) is 4.20. The highest BCUT2D eigenvalue weighted by molar-refractivity contribution is 7.92. The SMILES string of the molecule is COc1ccc(N(Cc2ccc(Cl)c(Cl)c2)S(C)(=O)=O)cc1C=O. The van der Waals surface area contributed by atoms with Crippen LogP contribution in [0.4, 0.5) is 5.69 Å². The number of sulfonamides is 1. The molecule has 2 aromatic rings. The van der Waals surface area contributed by atoms with Gasteiger partial charge in [0.15, 0.2) is 6.29 Å². The van der Waals surface area contributed by atoms with Gasteiger partial charge >= 0.3 is 0 Å². The van der Waals surface area contributed by atoms with E-state index in [1.165, 1.54) is 17.5 Å². The molecule has 8 heteroatoms. The summed E-state index contributed by atoms with van der Waals surface area (Å²) in [6.07, 6.45) is 1.71. The summed E-state index contributed by atoms with van der Waals surface area (Å²) in [6.45, 7) is 0.0559. The molecule has 0 atom stereocenters. The maximum atomic E-state index is 12.2. The first-order valence-electron chi connectivity index (χ1n) is 6.81. The largest absolute Gasteiger partial charge is 0.496 e. The molecule has 5 nitrogen and oxygen atoms in total. The van der Waals surface area contributed by atoms with Crippen LogP contribution in [0.5, 0.6) is 5.75 Å². The summed E-state index contributed by atoms with van der Waals surface area (Å²) in [5.74, 6) is 0.372. The Morgan fingerprint density at radius 1 is 1.12 bits per heavy atom. The third-order valence-corrected chi connectivity index (χ3v) is 5.22. The van der Waals surface area contributed by atoms with Gasteiger partial charge in [0.1, 0.15) is 5.75 Å². The van der Waals surface area contributed by atoms with Gasteiger partial charge < -0.3 is 4.74 Å². The Kier molecular flexibility index (Phi) is 5.74. The van der Waals surface area contributed by atoms with Crippen LogP contribution in [0.2, 0.25) is 10.0 Å². The van der Waals surface area contributed by atoms with E-state index < -0.39 is 10.0 Å². The Labute approximate surface area is 150 Å². The van der Waals surface area contributed by atoms with Crippen LogP contribution in [-0.4, -0.2) is 28.1 Å². The minimum atomic E-state index is -3.58. The van der Waals surface area contributed by atoms with Crippen molar-refractivity contribution in [3.05, 3.63) is 57.6 Å². The lowest BCUT2D eigenvalue weighted by atomic mass is 10.1. The number of benzene rings is 2. The van der Waals surface area contributed by atoms with Crippen LogP contribution < -0.4 is 9.04 Å². The highest BCUT2D eigenvalue weighted by Crippen LogP contribution is 2.28. The fourth-order valence-corrected chi connectivity index (χ4v) is 3.37. The van der Waals surface area contributed by atoms with E-state index in [1.807, 2.05) is 0 Å². The number of methoxy groups -OCH3 is 1. The van der Waals surface area contributed by atoms with Crippen molar-refractivity contribution in [2.24, 2.45) is 0 Å². The first kappa shape index (κ1) is 18.6. The zero-order valence-corrected chi connectivity index (χ0v) is 15.3. The predicted molar refractivity (Wildman–Crippen MR) is 95.9 cm³/mol. The molecule has 0 aliphatic rings. The first-order valence-corrected chi connectivity index (χ1v) is 9.41. The lowest BCUT2D eigenvalue weighted by Crippen LogP contribution is -2.29. The summed E-state index contributed by atoms with van der Waals surface area (Å²) in [4.78, 5) is 11.2. The molecule has 0 bridgehead atoms. The summed E-state index contributed by atoms with van der Waals surface area (Å²) in [6, 6.07) is 9.48. The maximum Gasteiger partial charge on any atom is 0.232 e. The molecule has 128 valence electrons. The molecular formula is C16H15Cl2NO4S. The third-order valence-electron chi connectivity index (χ3n) is 3.34. The molecule has 0 saturated carbocycles. The van der Waals surface area contributed by atoms with Gasteiger partial charge in [0, 0.05) is 0 Å². The van der Waals surface area contributed by atoms with Crippen LogP contribution in [0.1, 0.15) is 15.9 Å². The van der Waals surface area contributed by atoms with E-state index in [0.717, 1.165) is 6.26 Å². The van der Waals surface area contributed by atoms with Crippen LogP contribution in [0.15, 0.2) is 36.4 Å². The Hall–Kier alpha value is -1.76. The summed E-state index contributed by atoms with van der Waals surface area (Å²) < 4.78 is 30.6. The van der Waals surface area contributed by atoms with Crippen LogP contribution in [0.25, 0.3) is 0 Å². The van der Waals surface area contributed by atoms with Gasteiger partial charge in [-0.2, -0.15) is 0 Å². The van der Waals surface area contributed by atoms with Crippen LogP contribution in [0.3, 0.4) is 0 Å². The van der Waals surface area contributed by atoms with E-state index in [0.29, 0.717) is 33.3 Å². The molecule has 24 heavy (non-hydrogen) atoms. The van der Waals surface area contributed by atoms with Gasteiger partial charge in [-0.3, -0.25) is 9.10 Å². The van der Waals surface area contributed by atoms with Crippen LogP contribution in [-0.2, 0) is 16.6 Å². The monoisotopic (exact) mass is 387 g/mol. The molecule has 2 aromatic carbocycles. The molecule has 0 spiro atoms. The number of rotatable bonds is 6. The van der Waals surface area contributed by atoms with Gasteiger partial charge in [0.2, 0.25) is 10.0 Å². The summed E-state index contributed by atoms with van der Waals surface area (Å²) in [5, 5.41) is 0.727. The van der Waals surface area contributed by atoms with Crippen molar-refractivity contribution in [1.82, 2.24) is 0 Å². The van der Waals surface area contributed by atoms with Crippen molar-refractivity contribution >= 4 is 45.2 Å². The van der Waals surface area contributed by atoms with Gasteiger partial charge in [-0.1, -0.05) is 29.3 Å². The van der Waals surface area contributed by atoms with Gasteiger partial charge in [-0.25, -0.2) is 8.42 Å². The minimum Gasteiger partial charge on any atom is -0.496 e. The Morgan fingerprint density at radius 2 is 1.83 bits per heavy atom. The molecular weight excluding hydrogens is 373 g/mol. The van der Waals surface area contributed by atoms with Gasteiger partial charge in [0.05, 0.1) is 41.2 Å². The fourth-order valence-electron chi connectivity index (χ4n) is 2.17. The van der Waals surface area contributed by atoms with Crippen molar-refractivity contribution in [3.63, 3.8) is 0 Å². The molecule has 0 aliphatic heterocycles. The van der Waals surface area contributed by atoms with Crippen molar-refractivity contribution in [2.75, 3.05) is 17.7 Å². The average molecular weight is 388 g/mol. The zero-order chi connectivity index (χ0) is 17.9. The van der Waals surface area contributed by atoms with Crippen molar-refractivity contribution in [2.45, 2.75) is 6.54 Å². The van der Waals surface area contributed by atoms with Crippen LogP contribution >= 0.6 is 23.2 Å². The number of anilines is 1. The van der Waals surface area contributed by atoms with E-state index in [2.05, 4.69) is 0 Å².